The molecule has 1 rings (SSSR count). The number of aromatic nitrogens is 2. The van der Waals surface area contributed by atoms with Gasteiger partial charge in [0.1, 0.15) is 5.82 Å². The molecule has 96 valence electrons. The molecule has 1 aromatic rings. The van der Waals surface area contributed by atoms with E-state index in [1.54, 1.807) is 13.2 Å². The standard InChI is InChI=1S/C12H22N4O/c1-12(2,6-4-8-17)9-15-10-5-7-14-11(13-3)16-10/h5,7,17H,4,6,8-9H2,1-3H3,(H2,13,14,15,16). The van der Waals surface area contributed by atoms with Crippen LogP contribution in [0.15, 0.2) is 12.3 Å². The number of hydrogen-bond donors (Lipinski definition) is 3. The van der Waals surface area contributed by atoms with Gasteiger partial charge in [-0.1, -0.05) is 13.8 Å². The first-order valence-electron chi connectivity index (χ1n) is 5.93. The van der Waals surface area contributed by atoms with E-state index in [1.165, 1.54) is 0 Å². The number of nitrogens with one attached hydrogen (secondary N) is 2. The summed E-state index contributed by atoms with van der Waals surface area (Å²) in [4.78, 5) is 8.35. The monoisotopic (exact) mass is 238 g/mol. The van der Waals surface area contributed by atoms with Crippen LogP contribution >= 0.6 is 0 Å². The fourth-order valence-electron chi connectivity index (χ4n) is 1.55. The Kier molecular flexibility index (Phi) is 5.15. The summed E-state index contributed by atoms with van der Waals surface area (Å²) in [6, 6.07) is 1.85. The van der Waals surface area contributed by atoms with E-state index < -0.39 is 0 Å². The van der Waals surface area contributed by atoms with Gasteiger partial charge in [0.25, 0.3) is 0 Å². The molecule has 0 aliphatic carbocycles. The molecule has 5 heteroatoms. The zero-order chi connectivity index (χ0) is 12.7. The van der Waals surface area contributed by atoms with Crippen LogP contribution in [0.5, 0.6) is 0 Å². The van der Waals surface area contributed by atoms with Crippen molar-refractivity contribution in [1.82, 2.24) is 9.97 Å². The van der Waals surface area contributed by atoms with Crippen molar-refractivity contribution < 1.29 is 5.11 Å². The van der Waals surface area contributed by atoms with Crippen molar-refractivity contribution in [3.05, 3.63) is 12.3 Å². The van der Waals surface area contributed by atoms with Gasteiger partial charge in [-0.2, -0.15) is 4.98 Å². The van der Waals surface area contributed by atoms with Gasteiger partial charge in [-0.3, -0.25) is 0 Å². The van der Waals surface area contributed by atoms with E-state index >= 15 is 0 Å². The van der Waals surface area contributed by atoms with Crippen LogP contribution in [0.25, 0.3) is 0 Å². The molecular weight excluding hydrogens is 216 g/mol. The van der Waals surface area contributed by atoms with Gasteiger partial charge < -0.3 is 15.7 Å². The highest BCUT2D eigenvalue weighted by atomic mass is 16.2. The van der Waals surface area contributed by atoms with E-state index in [-0.39, 0.29) is 12.0 Å². The summed E-state index contributed by atoms with van der Waals surface area (Å²) in [6.45, 7) is 5.43. The maximum Gasteiger partial charge on any atom is 0.224 e. The average Bonchev–Trinajstić information content (AvgIpc) is 2.34. The summed E-state index contributed by atoms with van der Waals surface area (Å²) < 4.78 is 0. The van der Waals surface area contributed by atoms with Crippen molar-refractivity contribution in [3.8, 4) is 0 Å². The van der Waals surface area contributed by atoms with E-state index in [2.05, 4.69) is 34.4 Å². The third-order valence-corrected chi connectivity index (χ3v) is 2.64. The first kappa shape index (κ1) is 13.7. The molecule has 0 aliphatic heterocycles. The molecule has 17 heavy (non-hydrogen) atoms. The summed E-state index contributed by atoms with van der Waals surface area (Å²) in [6.07, 6.45) is 3.54. The lowest BCUT2D eigenvalue weighted by molar-refractivity contribution is 0.248. The summed E-state index contributed by atoms with van der Waals surface area (Å²) in [5, 5.41) is 15.0. The predicted molar refractivity (Wildman–Crippen MR) is 70.2 cm³/mol. The lowest BCUT2D eigenvalue weighted by atomic mass is 9.88. The van der Waals surface area contributed by atoms with Crippen LogP contribution in [0.1, 0.15) is 26.7 Å². The Morgan fingerprint density at radius 2 is 2.18 bits per heavy atom. The SMILES string of the molecule is CNc1nccc(NCC(C)(C)CCCO)n1. The molecule has 1 aromatic heterocycles. The van der Waals surface area contributed by atoms with Crippen LogP contribution in [-0.4, -0.2) is 35.3 Å². The largest absolute Gasteiger partial charge is 0.396 e. The lowest BCUT2D eigenvalue weighted by Crippen LogP contribution is -2.24. The van der Waals surface area contributed by atoms with Gasteiger partial charge in [-0.15, -0.1) is 0 Å². The molecule has 0 saturated heterocycles. The van der Waals surface area contributed by atoms with E-state index in [9.17, 15) is 0 Å². The normalized spacial score (nSPS) is 11.3. The topological polar surface area (TPSA) is 70.1 Å². The Labute approximate surface area is 103 Å². The fourth-order valence-corrected chi connectivity index (χ4v) is 1.55. The molecule has 0 amide bonds. The van der Waals surface area contributed by atoms with Crippen molar-refractivity contribution in [2.75, 3.05) is 30.8 Å². The summed E-state index contributed by atoms with van der Waals surface area (Å²) in [7, 11) is 1.80. The molecule has 0 aromatic carbocycles. The Morgan fingerprint density at radius 3 is 2.82 bits per heavy atom. The zero-order valence-corrected chi connectivity index (χ0v) is 10.8. The zero-order valence-electron chi connectivity index (χ0n) is 10.8. The molecule has 0 bridgehead atoms. The highest BCUT2D eigenvalue weighted by Gasteiger charge is 2.17. The first-order valence-corrected chi connectivity index (χ1v) is 5.93. The van der Waals surface area contributed by atoms with Crippen LogP contribution in [0, 0.1) is 5.41 Å². The number of rotatable bonds is 7. The maximum absolute atomic E-state index is 8.83. The van der Waals surface area contributed by atoms with Gasteiger partial charge in [-0.05, 0) is 24.3 Å². The molecule has 3 N–H and O–H groups in total. The second-order valence-electron chi connectivity index (χ2n) is 4.86. The third kappa shape index (κ3) is 4.99. The molecule has 0 saturated carbocycles. The van der Waals surface area contributed by atoms with Gasteiger partial charge in [-0.25, -0.2) is 4.98 Å². The summed E-state index contributed by atoms with van der Waals surface area (Å²) >= 11 is 0. The van der Waals surface area contributed by atoms with Gasteiger partial charge in [0.2, 0.25) is 5.95 Å². The van der Waals surface area contributed by atoms with Gasteiger partial charge in [0.15, 0.2) is 0 Å². The van der Waals surface area contributed by atoms with Crippen LogP contribution in [0.4, 0.5) is 11.8 Å². The molecular formula is C12H22N4O. The minimum absolute atomic E-state index is 0.146. The van der Waals surface area contributed by atoms with E-state index in [4.69, 9.17) is 5.11 Å². The minimum Gasteiger partial charge on any atom is -0.396 e. The quantitative estimate of drug-likeness (QED) is 0.675. The highest BCUT2D eigenvalue weighted by Crippen LogP contribution is 2.22. The van der Waals surface area contributed by atoms with Crippen LogP contribution in [0.2, 0.25) is 0 Å². The lowest BCUT2D eigenvalue weighted by Gasteiger charge is -2.24. The minimum atomic E-state index is 0.146. The molecule has 0 spiro atoms. The second-order valence-corrected chi connectivity index (χ2v) is 4.86. The van der Waals surface area contributed by atoms with Crippen molar-refractivity contribution in [1.29, 1.82) is 0 Å². The van der Waals surface area contributed by atoms with E-state index in [0.29, 0.717) is 5.95 Å². The molecule has 0 aliphatic rings. The molecule has 5 nitrogen and oxygen atoms in total. The Balaban J connectivity index is 2.48. The van der Waals surface area contributed by atoms with Crippen molar-refractivity contribution >= 4 is 11.8 Å². The van der Waals surface area contributed by atoms with Crippen molar-refractivity contribution in [3.63, 3.8) is 0 Å². The van der Waals surface area contributed by atoms with E-state index in [1.807, 2.05) is 6.07 Å². The van der Waals surface area contributed by atoms with Crippen LogP contribution in [0.3, 0.4) is 0 Å². The average molecular weight is 238 g/mol. The van der Waals surface area contributed by atoms with Crippen molar-refractivity contribution in [2.45, 2.75) is 26.7 Å². The summed E-state index contributed by atoms with van der Waals surface area (Å²) in [5.41, 5.74) is 0.146. The van der Waals surface area contributed by atoms with E-state index in [0.717, 1.165) is 25.2 Å². The fraction of sp³-hybridized carbons (Fsp3) is 0.667. The maximum atomic E-state index is 8.83. The Bertz CT molecular complexity index is 341. The second kappa shape index (κ2) is 6.39. The number of aliphatic hydroxyl groups is 1. The molecule has 0 atom stereocenters. The number of aliphatic hydroxyl groups excluding tert-OH is 1. The molecule has 0 fully saturated rings. The molecule has 0 unspecified atom stereocenters. The third-order valence-electron chi connectivity index (χ3n) is 2.64. The Hall–Kier alpha value is -1.36. The first-order chi connectivity index (χ1) is 8.07. The smallest absolute Gasteiger partial charge is 0.224 e. The van der Waals surface area contributed by atoms with Crippen LogP contribution < -0.4 is 10.6 Å². The van der Waals surface area contributed by atoms with Crippen molar-refractivity contribution in [2.24, 2.45) is 5.41 Å². The molecule has 1 heterocycles. The molecule has 0 radical (unpaired) electrons. The number of anilines is 2. The van der Waals surface area contributed by atoms with Crippen LogP contribution in [-0.2, 0) is 0 Å². The number of hydrogen-bond acceptors (Lipinski definition) is 5. The number of nitrogens with zero attached hydrogens (tertiary/aromatic N) is 2. The van der Waals surface area contributed by atoms with Gasteiger partial charge in [0, 0.05) is 26.4 Å². The summed E-state index contributed by atoms with van der Waals surface area (Å²) in [5.74, 6) is 1.43. The Morgan fingerprint density at radius 1 is 1.41 bits per heavy atom. The predicted octanol–water partition coefficient (Wildman–Crippen LogP) is 1.73. The van der Waals surface area contributed by atoms with Gasteiger partial charge >= 0.3 is 0 Å². The highest BCUT2D eigenvalue weighted by molar-refractivity contribution is 5.39. The van der Waals surface area contributed by atoms with Gasteiger partial charge in [0.05, 0.1) is 0 Å².